The summed E-state index contributed by atoms with van der Waals surface area (Å²) in [6, 6.07) is 8.49. The van der Waals surface area contributed by atoms with Gasteiger partial charge < -0.3 is 5.32 Å². The molecule has 0 atom stereocenters. The molecule has 0 radical (unpaired) electrons. The maximum Gasteiger partial charge on any atom is 0.264 e. The Hall–Kier alpha value is -2.48. The van der Waals surface area contributed by atoms with Gasteiger partial charge in [-0.25, -0.2) is 17.2 Å². The highest BCUT2D eigenvalue weighted by Gasteiger charge is 2.24. The molecule has 2 aromatic carbocycles. The van der Waals surface area contributed by atoms with E-state index in [1.54, 1.807) is 6.92 Å². The molecule has 0 spiro atoms. The predicted octanol–water partition coefficient (Wildman–Crippen LogP) is 3.14. The van der Waals surface area contributed by atoms with Gasteiger partial charge in [-0.05, 0) is 43.3 Å². The van der Waals surface area contributed by atoms with E-state index in [9.17, 15) is 22.0 Å². The fraction of sp³-hybridized carbons (Fsp3) is 0.188. The topological polar surface area (TPSA) is 66.5 Å². The first-order chi connectivity index (χ1) is 11.3. The lowest BCUT2D eigenvalue weighted by Crippen LogP contribution is -2.30. The summed E-state index contributed by atoms with van der Waals surface area (Å²) < 4.78 is 52.9. The molecule has 8 heteroatoms. The summed E-state index contributed by atoms with van der Waals surface area (Å²) in [4.78, 5) is 11.0. The predicted molar refractivity (Wildman–Crippen MR) is 87.3 cm³/mol. The molecule has 0 fully saturated rings. The van der Waals surface area contributed by atoms with Gasteiger partial charge in [0.1, 0.15) is 0 Å². The zero-order valence-corrected chi connectivity index (χ0v) is 13.9. The molecule has 0 aliphatic rings. The lowest BCUT2D eigenvalue weighted by molar-refractivity contribution is -0.114. The van der Waals surface area contributed by atoms with Crippen molar-refractivity contribution in [2.45, 2.75) is 18.7 Å². The SMILES string of the molecule is CCN(c1ccc(F)c(F)c1)S(=O)(=O)c1ccc(NC(C)=O)cc1. The standard InChI is InChI=1S/C16H16F2N2O3S/c1-3-20(13-6-9-15(17)16(18)10-13)24(22,23)14-7-4-12(5-8-14)19-11(2)21/h4-10H,3H2,1-2H3,(H,19,21). The number of nitrogens with zero attached hydrogens (tertiary/aromatic N) is 1. The number of carbonyl (C=O) groups excluding carboxylic acids is 1. The van der Waals surface area contributed by atoms with Gasteiger partial charge in [-0.15, -0.1) is 0 Å². The number of hydrogen-bond acceptors (Lipinski definition) is 3. The minimum Gasteiger partial charge on any atom is -0.326 e. The maximum atomic E-state index is 13.4. The van der Waals surface area contributed by atoms with Crippen LogP contribution in [0.25, 0.3) is 0 Å². The molecule has 1 N–H and O–H groups in total. The van der Waals surface area contributed by atoms with Crippen LogP contribution in [0, 0.1) is 11.6 Å². The number of hydrogen-bond donors (Lipinski definition) is 1. The Morgan fingerprint density at radius 1 is 1.08 bits per heavy atom. The summed E-state index contributed by atoms with van der Waals surface area (Å²) in [5.74, 6) is -2.45. The first kappa shape index (κ1) is 17.9. The summed E-state index contributed by atoms with van der Waals surface area (Å²) >= 11 is 0. The molecule has 2 rings (SSSR count). The first-order valence-corrected chi connectivity index (χ1v) is 8.55. The zero-order chi connectivity index (χ0) is 17.9. The molecule has 0 heterocycles. The van der Waals surface area contributed by atoms with Crippen LogP contribution in [0.3, 0.4) is 0 Å². The first-order valence-electron chi connectivity index (χ1n) is 7.11. The van der Waals surface area contributed by atoms with Crippen LogP contribution in [0.4, 0.5) is 20.2 Å². The summed E-state index contributed by atoms with van der Waals surface area (Å²) in [5.41, 5.74) is 0.486. The summed E-state index contributed by atoms with van der Waals surface area (Å²) in [6.07, 6.45) is 0. The third-order valence-corrected chi connectivity index (χ3v) is 5.16. The number of rotatable bonds is 5. The lowest BCUT2D eigenvalue weighted by atomic mass is 10.3. The second-order valence-electron chi connectivity index (χ2n) is 4.97. The number of carbonyl (C=O) groups is 1. The third-order valence-electron chi connectivity index (χ3n) is 3.24. The minimum absolute atomic E-state index is 0.0248. The van der Waals surface area contributed by atoms with Gasteiger partial charge >= 0.3 is 0 Å². The third kappa shape index (κ3) is 3.70. The maximum absolute atomic E-state index is 13.4. The van der Waals surface area contributed by atoms with Crippen LogP contribution in [0.1, 0.15) is 13.8 Å². The van der Waals surface area contributed by atoms with Crippen molar-refractivity contribution < 1.29 is 22.0 Å². The number of sulfonamides is 1. The van der Waals surface area contributed by atoms with Gasteiger partial charge in [0.05, 0.1) is 10.6 Å². The number of amides is 1. The molecule has 0 aromatic heterocycles. The molecule has 5 nitrogen and oxygen atoms in total. The molecule has 0 aliphatic carbocycles. The Morgan fingerprint density at radius 3 is 2.21 bits per heavy atom. The van der Waals surface area contributed by atoms with Crippen molar-refractivity contribution in [1.82, 2.24) is 0 Å². The molecular weight excluding hydrogens is 338 g/mol. The van der Waals surface area contributed by atoms with Crippen LogP contribution >= 0.6 is 0 Å². The zero-order valence-electron chi connectivity index (χ0n) is 13.1. The normalized spacial score (nSPS) is 11.2. The van der Waals surface area contributed by atoms with E-state index in [2.05, 4.69) is 5.32 Å². The Morgan fingerprint density at radius 2 is 1.71 bits per heavy atom. The second kappa shape index (κ2) is 6.96. The van der Waals surface area contributed by atoms with E-state index in [0.29, 0.717) is 5.69 Å². The number of halogens is 2. The quantitative estimate of drug-likeness (QED) is 0.897. The monoisotopic (exact) mass is 354 g/mol. The van der Waals surface area contributed by atoms with E-state index in [4.69, 9.17) is 0 Å². The smallest absolute Gasteiger partial charge is 0.264 e. The van der Waals surface area contributed by atoms with Crippen molar-refractivity contribution in [1.29, 1.82) is 0 Å². The van der Waals surface area contributed by atoms with Crippen LogP contribution < -0.4 is 9.62 Å². The largest absolute Gasteiger partial charge is 0.326 e. The van der Waals surface area contributed by atoms with Crippen LogP contribution in [-0.2, 0) is 14.8 Å². The van der Waals surface area contributed by atoms with Crippen molar-refractivity contribution in [2.24, 2.45) is 0 Å². The average molecular weight is 354 g/mol. The summed E-state index contributed by atoms with van der Waals surface area (Å²) in [5, 5.41) is 2.53. The number of nitrogens with one attached hydrogen (secondary N) is 1. The van der Waals surface area contributed by atoms with E-state index in [1.165, 1.54) is 37.3 Å². The Bertz CT molecular complexity index is 852. The average Bonchev–Trinajstić information content (AvgIpc) is 2.51. The second-order valence-corrected chi connectivity index (χ2v) is 6.84. The van der Waals surface area contributed by atoms with Crippen molar-refractivity contribution >= 4 is 27.3 Å². The van der Waals surface area contributed by atoms with Gasteiger partial charge in [0.2, 0.25) is 5.91 Å². The van der Waals surface area contributed by atoms with Crippen molar-refractivity contribution in [3.8, 4) is 0 Å². The summed E-state index contributed by atoms with van der Waals surface area (Å²) in [6.45, 7) is 2.97. The Labute approximate surface area is 139 Å². The number of benzene rings is 2. The molecule has 2 aromatic rings. The van der Waals surface area contributed by atoms with Gasteiger partial charge in [-0.2, -0.15) is 0 Å². The lowest BCUT2D eigenvalue weighted by Gasteiger charge is -2.23. The Balaban J connectivity index is 2.39. The molecule has 128 valence electrons. The van der Waals surface area contributed by atoms with E-state index in [0.717, 1.165) is 16.4 Å². The molecule has 0 saturated heterocycles. The van der Waals surface area contributed by atoms with Gasteiger partial charge in [-0.3, -0.25) is 9.10 Å². The number of anilines is 2. The van der Waals surface area contributed by atoms with E-state index in [-0.39, 0.29) is 23.0 Å². The van der Waals surface area contributed by atoms with Crippen molar-refractivity contribution in [2.75, 3.05) is 16.2 Å². The molecular formula is C16H16F2N2O3S. The van der Waals surface area contributed by atoms with Crippen LogP contribution in [0.2, 0.25) is 0 Å². The molecule has 0 saturated carbocycles. The van der Waals surface area contributed by atoms with Gasteiger partial charge in [-0.1, -0.05) is 0 Å². The van der Waals surface area contributed by atoms with Crippen LogP contribution in [-0.4, -0.2) is 20.9 Å². The highest BCUT2D eigenvalue weighted by molar-refractivity contribution is 7.92. The van der Waals surface area contributed by atoms with Gasteiger partial charge in [0.15, 0.2) is 11.6 Å². The van der Waals surface area contributed by atoms with Gasteiger partial charge in [0.25, 0.3) is 10.0 Å². The van der Waals surface area contributed by atoms with E-state index >= 15 is 0 Å². The van der Waals surface area contributed by atoms with Crippen molar-refractivity contribution in [3.63, 3.8) is 0 Å². The van der Waals surface area contributed by atoms with Crippen LogP contribution in [0.5, 0.6) is 0 Å². The highest BCUT2D eigenvalue weighted by Crippen LogP contribution is 2.25. The summed E-state index contributed by atoms with van der Waals surface area (Å²) in [7, 11) is -3.95. The van der Waals surface area contributed by atoms with Crippen LogP contribution in [0.15, 0.2) is 47.4 Å². The molecule has 0 unspecified atom stereocenters. The minimum atomic E-state index is -3.95. The fourth-order valence-electron chi connectivity index (χ4n) is 2.17. The Kier molecular flexibility index (Phi) is 5.18. The van der Waals surface area contributed by atoms with Crippen molar-refractivity contribution in [3.05, 3.63) is 54.1 Å². The highest BCUT2D eigenvalue weighted by atomic mass is 32.2. The molecule has 0 aliphatic heterocycles. The molecule has 1 amide bonds. The van der Waals surface area contributed by atoms with Gasteiger partial charge in [0, 0.05) is 25.2 Å². The fourth-order valence-corrected chi connectivity index (χ4v) is 3.64. The van der Waals surface area contributed by atoms with E-state index < -0.39 is 21.7 Å². The van der Waals surface area contributed by atoms with E-state index in [1.807, 2.05) is 0 Å². The molecule has 0 bridgehead atoms. The molecule has 24 heavy (non-hydrogen) atoms.